The second-order valence-corrected chi connectivity index (χ2v) is 12.5. The minimum atomic E-state index is -3.14. The van der Waals surface area contributed by atoms with Gasteiger partial charge in [-0.25, -0.2) is 23.2 Å². The Morgan fingerprint density at radius 2 is 1.88 bits per heavy atom. The average Bonchev–Trinajstić information content (AvgIpc) is 3.07. The molecule has 0 aliphatic carbocycles. The van der Waals surface area contributed by atoms with Crippen molar-refractivity contribution >= 4 is 15.7 Å². The van der Waals surface area contributed by atoms with Crippen molar-refractivity contribution in [2.75, 3.05) is 52.5 Å². The Morgan fingerprint density at radius 3 is 2.58 bits per heavy atom. The molecule has 0 aromatic heterocycles. The van der Waals surface area contributed by atoms with Gasteiger partial charge in [0.2, 0.25) is 5.91 Å². The molecule has 6 unspecified atom stereocenters. The van der Waals surface area contributed by atoms with Crippen molar-refractivity contribution in [3.63, 3.8) is 0 Å². The molecule has 5 aliphatic rings. The topological polar surface area (TPSA) is 141 Å². The van der Waals surface area contributed by atoms with E-state index < -0.39 is 28.1 Å². The molecular weight excluding hydrogens is 453 g/mol. The summed E-state index contributed by atoms with van der Waals surface area (Å²) in [5, 5.41) is 10.7. The predicted octanol–water partition coefficient (Wildman–Crippen LogP) is -2.90. The number of amides is 1. The summed E-state index contributed by atoms with van der Waals surface area (Å²) in [5.41, 5.74) is 9.22. The fraction of sp³-hybridized carbons (Fsp3) is 0.950. The van der Waals surface area contributed by atoms with Crippen LogP contribution in [0, 0.1) is 5.92 Å². The minimum absolute atomic E-state index is 0.0989. The first-order chi connectivity index (χ1) is 15.8. The maximum atomic E-state index is 13.7. The molecule has 5 heterocycles. The number of ether oxygens (including phenoxy) is 1. The van der Waals surface area contributed by atoms with E-state index in [1.54, 1.807) is 5.01 Å². The molecule has 0 aromatic carbocycles. The number of likely N-dealkylation sites (tertiary alicyclic amines) is 1. The van der Waals surface area contributed by atoms with Gasteiger partial charge in [-0.1, -0.05) is 0 Å². The van der Waals surface area contributed by atoms with Gasteiger partial charge >= 0.3 is 0 Å². The zero-order valence-electron chi connectivity index (χ0n) is 18.8. The summed E-state index contributed by atoms with van der Waals surface area (Å²) in [4.78, 5) is 15.6. The van der Waals surface area contributed by atoms with Crippen LogP contribution >= 0.6 is 0 Å². The summed E-state index contributed by atoms with van der Waals surface area (Å²) in [7, 11) is -3.14. The van der Waals surface area contributed by atoms with Gasteiger partial charge in [0.25, 0.3) is 0 Å². The molecule has 13 heteroatoms. The van der Waals surface area contributed by atoms with Gasteiger partial charge < -0.3 is 21.1 Å². The monoisotopic (exact) mass is 489 g/mol. The van der Waals surface area contributed by atoms with Crippen molar-refractivity contribution in [3.8, 4) is 0 Å². The van der Waals surface area contributed by atoms with Crippen LogP contribution in [-0.2, 0) is 19.4 Å². The zero-order chi connectivity index (χ0) is 23.2. The molecule has 5 rings (SSSR count). The SMILES string of the molecule is NC1NN2CC(F)CNC2C1C(=O)NC1CNCCC1N1CCC(S(=O)(=O)C2COC2)CC1. The predicted molar refractivity (Wildman–Crippen MR) is 119 cm³/mol. The van der Waals surface area contributed by atoms with E-state index in [2.05, 4.69) is 26.3 Å². The summed E-state index contributed by atoms with van der Waals surface area (Å²) >= 11 is 0. The summed E-state index contributed by atoms with van der Waals surface area (Å²) in [5.74, 6) is -0.672. The third-order valence-corrected chi connectivity index (χ3v) is 10.5. The second kappa shape index (κ2) is 9.61. The van der Waals surface area contributed by atoms with Crippen molar-refractivity contribution in [1.29, 1.82) is 0 Å². The van der Waals surface area contributed by atoms with Crippen LogP contribution in [0.15, 0.2) is 0 Å². The highest BCUT2D eigenvalue weighted by Gasteiger charge is 2.48. The second-order valence-electron chi connectivity index (χ2n) is 9.94. The first-order valence-electron chi connectivity index (χ1n) is 12.1. The highest BCUT2D eigenvalue weighted by Crippen LogP contribution is 2.28. The van der Waals surface area contributed by atoms with Crippen LogP contribution in [0.2, 0.25) is 0 Å². The smallest absolute Gasteiger partial charge is 0.229 e. The number of sulfone groups is 1. The normalized spacial score (nSPS) is 39.7. The third kappa shape index (κ3) is 4.66. The molecule has 33 heavy (non-hydrogen) atoms. The van der Waals surface area contributed by atoms with Crippen molar-refractivity contribution in [2.24, 2.45) is 11.7 Å². The molecule has 0 radical (unpaired) electrons. The quantitative estimate of drug-likeness (QED) is 0.273. The Bertz CT molecular complexity index is 823. The van der Waals surface area contributed by atoms with Crippen LogP contribution in [-0.4, -0.2) is 118 Å². The fourth-order valence-corrected chi connectivity index (χ4v) is 7.88. The zero-order valence-corrected chi connectivity index (χ0v) is 19.6. The number of alkyl halides is 1. The van der Waals surface area contributed by atoms with Crippen LogP contribution in [0.3, 0.4) is 0 Å². The van der Waals surface area contributed by atoms with Gasteiger partial charge in [0.05, 0.1) is 42.8 Å². The van der Waals surface area contributed by atoms with Gasteiger partial charge in [0, 0.05) is 25.7 Å². The largest absolute Gasteiger partial charge is 0.379 e. The number of hydrogen-bond acceptors (Lipinski definition) is 10. The van der Waals surface area contributed by atoms with E-state index in [0.717, 1.165) is 13.0 Å². The summed E-state index contributed by atoms with van der Waals surface area (Å²) in [6, 6.07) is 0.0420. The number of nitrogens with one attached hydrogen (secondary N) is 4. The standard InChI is InChI=1S/C20H36FN7O4S/c21-12-7-24-19-17(18(22)26-28(19)9-12)20(29)25-15-8-23-4-1-16(15)27-5-2-13(3-6-27)33(30,31)14-10-32-11-14/h12-19,23-24,26H,1-11,22H2,(H,25,29). The van der Waals surface area contributed by atoms with E-state index in [-0.39, 0.29) is 47.7 Å². The van der Waals surface area contributed by atoms with Gasteiger partial charge in [-0.3, -0.25) is 15.0 Å². The van der Waals surface area contributed by atoms with Gasteiger partial charge in [0.15, 0.2) is 9.84 Å². The molecule has 0 aromatic rings. The molecule has 0 spiro atoms. The number of hydrogen-bond donors (Lipinski definition) is 5. The van der Waals surface area contributed by atoms with E-state index in [1.807, 2.05) is 0 Å². The Morgan fingerprint density at radius 1 is 1.12 bits per heavy atom. The molecule has 11 nitrogen and oxygen atoms in total. The molecule has 0 saturated carbocycles. The number of fused-ring (bicyclic) bond motifs is 1. The lowest BCUT2D eigenvalue weighted by atomic mass is 9.94. The van der Waals surface area contributed by atoms with Crippen LogP contribution < -0.4 is 27.1 Å². The van der Waals surface area contributed by atoms with Crippen LogP contribution in [0.5, 0.6) is 0 Å². The fourth-order valence-electron chi connectivity index (χ4n) is 5.90. The number of rotatable bonds is 5. The van der Waals surface area contributed by atoms with Crippen LogP contribution in [0.1, 0.15) is 19.3 Å². The van der Waals surface area contributed by atoms with E-state index >= 15 is 0 Å². The highest BCUT2D eigenvalue weighted by atomic mass is 32.2. The maximum Gasteiger partial charge on any atom is 0.229 e. The first-order valence-corrected chi connectivity index (χ1v) is 13.7. The number of piperidine rings is 2. The first kappa shape index (κ1) is 23.8. The van der Waals surface area contributed by atoms with Crippen molar-refractivity contribution in [3.05, 3.63) is 0 Å². The minimum Gasteiger partial charge on any atom is -0.379 e. The molecule has 6 N–H and O–H groups in total. The Balaban J connectivity index is 1.19. The van der Waals surface area contributed by atoms with Gasteiger partial charge in [-0.2, -0.15) is 0 Å². The van der Waals surface area contributed by atoms with Crippen LogP contribution in [0.4, 0.5) is 4.39 Å². The van der Waals surface area contributed by atoms with Crippen molar-refractivity contribution in [2.45, 2.75) is 60.3 Å². The Labute approximate surface area is 194 Å². The number of hydrazine groups is 1. The van der Waals surface area contributed by atoms with Gasteiger partial charge in [-0.05, 0) is 38.9 Å². The average molecular weight is 490 g/mol. The molecule has 6 atom stereocenters. The maximum absolute atomic E-state index is 13.7. The van der Waals surface area contributed by atoms with Crippen molar-refractivity contribution in [1.82, 2.24) is 31.3 Å². The Kier molecular flexibility index (Phi) is 6.93. The number of carbonyl (C=O) groups is 1. The number of halogens is 1. The number of nitrogens with two attached hydrogens (primary N) is 1. The Hall–Kier alpha value is -0.930. The molecule has 5 fully saturated rings. The summed E-state index contributed by atoms with van der Waals surface area (Å²) < 4.78 is 44.3. The van der Waals surface area contributed by atoms with E-state index in [1.165, 1.54) is 0 Å². The molecule has 0 bridgehead atoms. The summed E-state index contributed by atoms with van der Waals surface area (Å²) in [6.07, 6.45) is 0.194. The molecule has 5 saturated heterocycles. The van der Waals surface area contributed by atoms with Gasteiger partial charge in [0.1, 0.15) is 11.4 Å². The van der Waals surface area contributed by atoms with Crippen LogP contribution in [0.25, 0.3) is 0 Å². The number of carbonyl (C=O) groups excluding carboxylic acids is 1. The molecule has 1 amide bonds. The van der Waals surface area contributed by atoms with E-state index in [0.29, 0.717) is 45.7 Å². The molecule has 188 valence electrons. The molecular formula is C20H36FN7O4S. The van der Waals surface area contributed by atoms with E-state index in [9.17, 15) is 17.6 Å². The molecule has 5 aliphatic heterocycles. The summed E-state index contributed by atoms with van der Waals surface area (Å²) in [6.45, 7) is 3.96. The lowest BCUT2D eigenvalue weighted by molar-refractivity contribution is -0.128. The highest BCUT2D eigenvalue weighted by molar-refractivity contribution is 7.92. The lowest BCUT2D eigenvalue weighted by Gasteiger charge is -2.44. The van der Waals surface area contributed by atoms with Crippen molar-refractivity contribution < 1.29 is 22.3 Å². The lowest BCUT2D eigenvalue weighted by Crippen LogP contribution is -2.64. The number of nitrogens with zero attached hydrogens (tertiary/aromatic N) is 2. The van der Waals surface area contributed by atoms with E-state index in [4.69, 9.17) is 10.5 Å². The van der Waals surface area contributed by atoms with Gasteiger partial charge in [-0.15, -0.1) is 0 Å². The third-order valence-electron chi connectivity index (χ3n) is 7.88.